The van der Waals surface area contributed by atoms with Gasteiger partial charge in [0.2, 0.25) is 0 Å². The van der Waals surface area contributed by atoms with Gasteiger partial charge in [-0.2, -0.15) is 0 Å². The molecule has 0 aromatic heterocycles. The van der Waals surface area contributed by atoms with Crippen LogP contribution >= 0.6 is 8.58 Å². The van der Waals surface area contributed by atoms with Crippen molar-refractivity contribution in [2.75, 3.05) is 0 Å². The van der Waals surface area contributed by atoms with Gasteiger partial charge in [0.25, 0.3) is 0 Å². The number of carbonyl (C=O) groups excluding carboxylic acids is 1. The van der Waals surface area contributed by atoms with Crippen LogP contribution in [0.2, 0.25) is 0 Å². The molecule has 2 atom stereocenters. The van der Waals surface area contributed by atoms with E-state index in [1.165, 1.54) is 16.7 Å². The molecule has 2 unspecified atom stereocenters. The largest absolute Gasteiger partial charge is 0.488 e. The summed E-state index contributed by atoms with van der Waals surface area (Å²) >= 11 is 0. The van der Waals surface area contributed by atoms with Crippen molar-refractivity contribution in [3.63, 3.8) is 0 Å². The lowest BCUT2D eigenvalue weighted by Crippen LogP contribution is -2.09. The minimum Gasteiger partial charge on any atom is -0.488 e. The average Bonchev–Trinajstić information content (AvgIpc) is 2.72. The Bertz CT molecular complexity index is 979. The maximum absolute atomic E-state index is 11.6. The van der Waals surface area contributed by atoms with Gasteiger partial charge < -0.3 is 4.74 Å². The standard InChI is InChI=1S/C26H29O2P/c1-5-24(29-25-12-11-18(2)14-22(25)16-27)23-15-19(3)13-20(4)26(23)28-17-21-9-7-6-8-10-21/h6-16,24,29H,5,17H2,1-4H3. The van der Waals surface area contributed by atoms with Crippen molar-refractivity contribution in [1.82, 2.24) is 0 Å². The molecule has 0 aliphatic rings. The van der Waals surface area contributed by atoms with Crippen LogP contribution < -0.4 is 10.0 Å². The molecule has 0 saturated heterocycles. The van der Waals surface area contributed by atoms with Crippen LogP contribution in [-0.2, 0) is 6.61 Å². The summed E-state index contributed by atoms with van der Waals surface area (Å²) in [6.07, 6.45) is 1.98. The lowest BCUT2D eigenvalue weighted by molar-refractivity contribution is 0.112. The van der Waals surface area contributed by atoms with Crippen LogP contribution in [0.5, 0.6) is 5.75 Å². The molecule has 0 aliphatic heterocycles. The number of hydrogen-bond donors (Lipinski definition) is 0. The molecule has 150 valence electrons. The Morgan fingerprint density at radius 3 is 2.41 bits per heavy atom. The summed E-state index contributed by atoms with van der Waals surface area (Å²) in [5, 5.41) is 1.13. The third kappa shape index (κ3) is 5.34. The molecule has 2 nitrogen and oxygen atoms in total. The monoisotopic (exact) mass is 404 g/mol. The summed E-state index contributed by atoms with van der Waals surface area (Å²) in [4.78, 5) is 11.6. The minimum atomic E-state index is 0.320. The second-order valence-corrected chi connectivity index (χ2v) is 9.11. The van der Waals surface area contributed by atoms with Crippen molar-refractivity contribution in [3.8, 4) is 5.75 Å². The highest BCUT2D eigenvalue weighted by atomic mass is 31.1. The molecular formula is C26H29O2P. The first kappa shape index (κ1) is 21.3. The molecule has 0 radical (unpaired) electrons. The van der Waals surface area contributed by atoms with Gasteiger partial charge in [-0.05, 0) is 49.7 Å². The maximum atomic E-state index is 11.6. The highest BCUT2D eigenvalue weighted by molar-refractivity contribution is 7.47. The van der Waals surface area contributed by atoms with Gasteiger partial charge in [0.15, 0.2) is 6.29 Å². The summed E-state index contributed by atoms with van der Waals surface area (Å²) in [6, 6.07) is 20.9. The Balaban J connectivity index is 1.93. The molecule has 0 aliphatic carbocycles. The zero-order valence-corrected chi connectivity index (χ0v) is 18.7. The first-order valence-electron chi connectivity index (χ1n) is 10.1. The van der Waals surface area contributed by atoms with Crippen LogP contribution in [0, 0.1) is 20.8 Å². The molecule has 0 saturated carbocycles. The van der Waals surface area contributed by atoms with Gasteiger partial charge >= 0.3 is 0 Å². The van der Waals surface area contributed by atoms with Gasteiger partial charge in [0.05, 0.1) is 0 Å². The van der Waals surface area contributed by atoms with E-state index < -0.39 is 0 Å². The van der Waals surface area contributed by atoms with E-state index in [4.69, 9.17) is 4.74 Å². The second-order valence-electron chi connectivity index (χ2n) is 7.59. The van der Waals surface area contributed by atoms with Crippen molar-refractivity contribution in [2.24, 2.45) is 0 Å². The maximum Gasteiger partial charge on any atom is 0.150 e. The van der Waals surface area contributed by atoms with Crippen molar-refractivity contribution >= 4 is 20.2 Å². The fraction of sp³-hybridized carbons (Fsp3) is 0.269. The lowest BCUT2D eigenvalue weighted by atomic mass is 10.0. The zero-order valence-electron chi connectivity index (χ0n) is 17.7. The van der Waals surface area contributed by atoms with Crippen LogP contribution in [0.15, 0.2) is 60.7 Å². The molecule has 3 aromatic rings. The number of aryl methyl sites for hydroxylation is 3. The van der Waals surface area contributed by atoms with E-state index in [9.17, 15) is 4.79 Å². The number of carbonyl (C=O) groups is 1. The predicted molar refractivity (Wildman–Crippen MR) is 124 cm³/mol. The van der Waals surface area contributed by atoms with E-state index in [1.54, 1.807) is 0 Å². The van der Waals surface area contributed by atoms with E-state index in [2.05, 4.69) is 57.2 Å². The van der Waals surface area contributed by atoms with Gasteiger partial charge in [-0.3, -0.25) is 4.79 Å². The van der Waals surface area contributed by atoms with Gasteiger partial charge in [-0.25, -0.2) is 0 Å². The molecule has 0 amide bonds. The fourth-order valence-corrected chi connectivity index (χ4v) is 5.10. The number of benzene rings is 3. The van der Waals surface area contributed by atoms with Gasteiger partial charge in [-0.1, -0.05) is 81.2 Å². The Morgan fingerprint density at radius 2 is 1.72 bits per heavy atom. The summed E-state index contributed by atoms with van der Waals surface area (Å²) < 4.78 is 6.34. The number of hydrogen-bond acceptors (Lipinski definition) is 2. The summed E-state index contributed by atoms with van der Waals surface area (Å²) in [7, 11) is 0.524. The molecule has 3 aromatic carbocycles. The van der Waals surface area contributed by atoms with Crippen molar-refractivity contribution < 1.29 is 9.53 Å². The smallest absolute Gasteiger partial charge is 0.150 e. The van der Waals surface area contributed by atoms with Crippen molar-refractivity contribution in [3.05, 3.63) is 94.0 Å². The molecule has 0 spiro atoms. The normalized spacial score (nSPS) is 12.3. The first-order valence-corrected chi connectivity index (χ1v) is 11.2. The molecule has 3 heteroatoms. The van der Waals surface area contributed by atoms with Crippen LogP contribution in [0.3, 0.4) is 0 Å². The Labute approximate surface area is 176 Å². The van der Waals surface area contributed by atoms with E-state index in [0.29, 0.717) is 20.8 Å². The fourth-order valence-electron chi connectivity index (χ4n) is 3.67. The lowest BCUT2D eigenvalue weighted by Gasteiger charge is -2.23. The van der Waals surface area contributed by atoms with Crippen LogP contribution in [0.25, 0.3) is 0 Å². The van der Waals surface area contributed by atoms with Crippen LogP contribution in [0.4, 0.5) is 0 Å². The zero-order chi connectivity index (χ0) is 20.8. The molecular weight excluding hydrogens is 375 g/mol. The van der Waals surface area contributed by atoms with Gasteiger partial charge in [0.1, 0.15) is 12.4 Å². The number of ether oxygens (including phenoxy) is 1. The molecule has 0 heterocycles. The van der Waals surface area contributed by atoms with E-state index in [1.807, 2.05) is 31.2 Å². The number of rotatable bonds is 8. The SMILES string of the molecule is CCC(Pc1ccc(C)cc1C=O)c1cc(C)cc(C)c1OCc1ccccc1. The molecule has 3 rings (SSSR count). The summed E-state index contributed by atoms with van der Waals surface area (Å²) in [6.45, 7) is 9.05. The Hall–Kier alpha value is -2.44. The van der Waals surface area contributed by atoms with Gasteiger partial charge in [0, 0.05) is 16.8 Å². The van der Waals surface area contributed by atoms with Crippen molar-refractivity contribution in [1.29, 1.82) is 0 Å². The Kier molecular flexibility index (Phi) is 7.23. The molecule has 29 heavy (non-hydrogen) atoms. The highest BCUT2D eigenvalue weighted by Crippen LogP contribution is 2.43. The summed E-state index contributed by atoms with van der Waals surface area (Å²) in [5.74, 6) is 0.985. The predicted octanol–water partition coefficient (Wildman–Crippen LogP) is 6.46. The minimum absolute atomic E-state index is 0.320. The molecule has 0 fully saturated rings. The third-order valence-electron chi connectivity index (χ3n) is 5.12. The van der Waals surface area contributed by atoms with E-state index in [-0.39, 0.29) is 0 Å². The quantitative estimate of drug-likeness (QED) is 0.318. The van der Waals surface area contributed by atoms with E-state index in [0.717, 1.165) is 40.5 Å². The van der Waals surface area contributed by atoms with Crippen molar-refractivity contribution in [2.45, 2.75) is 46.4 Å². The number of aldehydes is 1. The molecule has 0 bridgehead atoms. The topological polar surface area (TPSA) is 26.3 Å². The average molecular weight is 404 g/mol. The molecule has 0 N–H and O–H groups in total. The summed E-state index contributed by atoms with van der Waals surface area (Å²) in [5.41, 5.74) is 7.06. The highest BCUT2D eigenvalue weighted by Gasteiger charge is 2.19. The van der Waals surface area contributed by atoms with E-state index >= 15 is 0 Å². The third-order valence-corrected chi connectivity index (χ3v) is 6.96. The first-order chi connectivity index (χ1) is 14.0. The van der Waals surface area contributed by atoms with Gasteiger partial charge in [-0.15, -0.1) is 0 Å². The second kappa shape index (κ2) is 9.85. The van der Waals surface area contributed by atoms with Crippen LogP contribution in [-0.4, -0.2) is 6.29 Å². The Morgan fingerprint density at radius 1 is 0.966 bits per heavy atom. The van der Waals surface area contributed by atoms with Crippen LogP contribution in [0.1, 0.15) is 57.2 Å².